The minimum atomic E-state index is -1.59. The summed E-state index contributed by atoms with van der Waals surface area (Å²) in [7, 11) is 1.41. The number of para-hydroxylation sites is 1. The van der Waals surface area contributed by atoms with Gasteiger partial charge >= 0.3 is 5.97 Å². The average molecular weight is 1220 g/mol. The van der Waals surface area contributed by atoms with Gasteiger partial charge in [0.05, 0.1) is 50.3 Å². The number of thioether (sulfide) groups is 1. The van der Waals surface area contributed by atoms with Crippen LogP contribution in [0.1, 0.15) is 212 Å². The van der Waals surface area contributed by atoms with Crippen molar-refractivity contribution in [3.05, 3.63) is 29.8 Å². The summed E-state index contributed by atoms with van der Waals surface area (Å²) in [4.78, 5) is 11.0. The number of ether oxygens (including phenoxy) is 5. The third kappa shape index (κ3) is 118. The Kier molecular flexibility index (Phi) is 179. The lowest BCUT2D eigenvalue weighted by atomic mass is 10.1. The molecule has 0 saturated heterocycles. The second-order valence-corrected chi connectivity index (χ2v) is 31.1. The Morgan fingerprint density at radius 2 is 0.872 bits per heavy atom. The standard InChI is InChI=1S/C12H18O2.C8H20O3Si.C8H16O2S.C6H14O2.C5H14OSi.C4H12OSi.C4H10O.15CH4/c1-3-10-7-5-6-8-12(10)14-9-11(13)4-2;1-5-8(9)6-11-7-12(3,4)10-2;1-4-10-8(9)7(3)6-11-5-2;1-3-6(7)5-8-4-2;1-5-7(3,4)6-2;1-5-6(2,3)4;1-3-5-4-2;;;;;;;;;;;;;;;/h5-8,11,13H,3-4,9H2,1-2H3;8-9H,5-7H2,1-4H3;7H,4-6H2,1-3H3;6-7H,3-5H2,1-2H3;5H2,1-4H3;1-4H3;3-4H2,1-2H3;15*1H4. The van der Waals surface area contributed by atoms with Crippen LogP contribution in [0.25, 0.3) is 0 Å². The molecule has 0 radical (unpaired) electrons. The third-order valence-electron chi connectivity index (χ3n) is 8.71. The van der Waals surface area contributed by atoms with Crippen LogP contribution in [-0.2, 0) is 43.4 Å². The van der Waals surface area contributed by atoms with Crippen LogP contribution in [0.3, 0.4) is 0 Å². The van der Waals surface area contributed by atoms with Gasteiger partial charge in [0.15, 0.2) is 16.6 Å². The molecular weight excluding hydrogens is 1050 g/mol. The van der Waals surface area contributed by atoms with Gasteiger partial charge in [0.25, 0.3) is 0 Å². The first-order chi connectivity index (χ1) is 29.4. The number of aliphatic hydroxyl groups is 3. The zero-order chi connectivity index (χ0) is 50.3. The van der Waals surface area contributed by atoms with E-state index in [2.05, 4.69) is 66.6 Å². The monoisotopic (exact) mass is 1220 g/mol. The second-order valence-electron chi connectivity index (χ2n) is 16.3. The number of rotatable bonds is 25. The maximum Gasteiger partial charge on any atom is 0.309 e. The first kappa shape index (κ1) is 142. The largest absolute Gasteiger partial charge is 0.491 e. The van der Waals surface area contributed by atoms with Gasteiger partial charge in [-0.2, -0.15) is 11.8 Å². The lowest BCUT2D eigenvalue weighted by molar-refractivity contribution is -0.146. The molecule has 0 fully saturated rings. The van der Waals surface area contributed by atoms with Crippen LogP contribution in [0.15, 0.2) is 24.3 Å². The van der Waals surface area contributed by atoms with Crippen LogP contribution >= 0.6 is 11.8 Å². The molecule has 0 aromatic heterocycles. The first-order valence-electron chi connectivity index (χ1n) is 23.3. The van der Waals surface area contributed by atoms with Crippen molar-refractivity contribution in [2.45, 2.75) is 283 Å². The molecule has 0 bridgehead atoms. The minimum absolute atomic E-state index is 0. The lowest BCUT2D eigenvalue weighted by Gasteiger charge is -2.20. The fourth-order valence-corrected chi connectivity index (χ4v) is 4.97. The average Bonchev–Trinajstić information content (AvgIpc) is 3.27. The third-order valence-corrected chi connectivity index (χ3v) is 15.9. The van der Waals surface area contributed by atoms with Crippen molar-refractivity contribution < 1.29 is 57.1 Å². The van der Waals surface area contributed by atoms with Crippen LogP contribution in [0, 0.1) is 5.92 Å². The van der Waals surface area contributed by atoms with E-state index in [1.165, 1.54) is 11.6 Å². The molecule has 0 aliphatic heterocycles. The Balaban J connectivity index is -0.0000000253. The minimum Gasteiger partial charge on any atom is -0.491 e. The molecule has 0 aliphatic rings. The van der Waals surface area contributed by atoms with Crippen molar-refractivity contribution in [1.82, 2.24) is 0 Å². The van der Waals surface area contributed by atoms with Crippen molar-refractivity contribution in [3.63, 3.8) is 0 Å². The summed E-state index contributed by atoms with van der Waals surface area (Å²) in [6.07, 6.45) is 2.91. The van der Waals surface area contributed by atoms with Crippen molar-refractivity contribution in [3.8, 4) is 5.75 Å². The Morgan fingerprint density at radius 3 is 1.14 bits per heavy atom. The predicted molar refractivity (Wildman–Crippen MR) is 379 cm³/mol. The molecule has 0 aliphatic carbocycles. The van der Waals surface area contributed by atoms with E-state index < -0.39 is 25.0 Å². The Morgan fingerprint density at radius 1 is 0.513 bits per heavy atom. The van der Waals surface area contributed by atoms with E-state index in [1.54, 1.807) is 33.1 Å². The summed E-state index contributed by atoms with van der Waals surface area (Å²) in [5.74, 6) is 2.79. The summed E-state index contributed by atoms with van der Waals surface area (Å²) >= 11 is 1.77. The molecule has 1 aromatic carbocycles. The maximum absolute atomic E-state index is 11.0. The van der Waals surface area contributed by atoms with E-state index >= 15 is 0 Å². The van der Waals surface area contributed by atoms with Gasteiger partial charge in [-0.05, 0) is 123 Å². The predicted octanol–water partition coefficient (Wildman–Crippen LogP) is 20.2. The molecule has 502 valence electrons. The van der Waals surface area contributed by atoms with E-state index in [4.69, 9.17) is 42.1 Å². The highest BCUT2D eigenvalue weighted by Gasteiger charge is 2.21. The summed E-state index contributed by atoms with van der Waals surface area (Å²) in [5, 5.41) is 27.4. The van der Waals surface area contributed by atoms with Crippen LogP contribution in [0.2, 0.25) is 51.9 Å². The number of aliphatic hydroxyl groups excluding tert-OH is 3. The number of aryl methyl sites for hydroxylation is 1. The van der Waals surface area contributed by atoms with Gasteiger partial charge in [-0.3, -0.25) is 4.79 Å². The van der Waals surface area contributed by atoms with E-state index in [0.29, 0.717) is 39.3 Å². The van der Waals surface area contributed by atoms with Crippen molar-refractivity contribution in [2.75, 3.05) is 85.3 Å². The number of carbonyl (C=O) groups is 1. The van der Waals surface area contributed by atoms with E-state index in [9.17, 15) is 15.0 Å². The zero-order valence-corrected chi connectivity index (χ0v) is 48.5. The summed E-state index contributed by atoms with van der Waals surface area (Å²) in [6, 6.07) is 9.16. The van der Waals surface area contributed by atoms with Crippen LogP contribution in [0.4, 0.5) is 0 Å². The van der Waals surface area contributed by atoms with Gasteiger partial charge < -0.3 is 52.3 Å². The van der Waals surface area contributed by atoms with Crippen molar-refractivity contribution >= 4 is 42.7 Å². The molecular formula is C62H164O12SSi3. The fraction of sp³-hybridized carbons (Fsp3) is 0.887. The van der Waals surface area contributed by atoms with Crippen LogP contribution in [0.5, 0.6) is 5.75 Å². The molecule has 78 heavy (non-hydrogen) atoms. The number of hydrogen-bond acceptors (Lipinski definition) is 13. The summed E-state index contributed by atoms with van der Waals surface area (Å²) in [6.45, 7) is 41.0. The highest BCUT2D eigenvalue weighted by Crippen LogP contribution is 2.18. The molecule has 0 saturated carbocycles. The summed E-state index contributed by atoms with van der Waals surface area (Å²) < 4.78 is 41.1. The Bertz CT molecular complexity index is 1070. The SMILES string of the molecule is C.C.C.C.C.C.C.C.C.C.C.C.C.C.C.CCC(O)COC[Si](C)(C)OC.CCOC(=O)C(C)CSCC.CCOCC.CCOCC(O)CC.CC[Si](C)(C)OC.CCc1ccccc1OCC(O)CC.CO[Si](C)(C)C. The van der Waals surface area contributed by atoms with Gasteiger partial charge in [0, 0.05) is 46.9 Å². The number of esters is 1. The highest BCUT2D eigenvalue weighted by atomic mass is 32.2. The molecule has 0 amide bonds. The van der Waals surface area contributed by atoms with Gasteiger partial charge in [0.2, 0.25) is 8.32 Å². The lowest BCUT2D eigenvalue weighted by Crippen LogP contribution is -2.36. The smallest absolute Gasteiger partial charge is 0.309 e. The quantitative estimate of drug-likeness (QED) is 0.0630. The molecule has 4 unspecified atom stereocenters. The highest BCUT2D eigenvalue weighted by molar-refractivity contribution is 7.99. The molecule has 4 atom stereocenters. The van der Waals surface area contributed by atoms with Gasteiger partial charge in [-0.25, -0.2) is 0 Å². The van der Waals surface area contributed by atoms with Crippen molar-refractivity contribution in [2.24, 2.45) is 5.92 Å². The number of benzene rings is 1. The van der Waals surface area contributed by atoms with Crippen LogP contribution in [-0.4, -0.2) is 150 Å². The van der Waals surface area contributed by atoms with Gasteiger partial charge in [0.1, 0.15) is 12.4 Å². The normalized spacial score (nSPS) is 10.3. The molecule has 16 heteroatoms. The molecule has 1 rings (SSSR count). The Labute approximate surface area is 507 Å². The Hall–Kier alpha value is -0.869. The summed E-state index contributed by atoms with van der Waals surface area (Å²) in [5.41, 5.74) is 1.19. The van der Waals surface area contributed by atoms with E-state index in [-0.39, 0.29) is 142 Å². The topological polar surface area (TPSA) is 152 Å². The van der Waals surface area contributed by atoms with Gasteiger partial charge in [-0.1, -0.05) is 178 Å². The molecule has 1 aromatic rings. The fourth-order valence-electron chi connectivity index (χ4n) is 3.23. The number of carbonyl (C=O) groups excluding carboxylic acids is 1. The van der Waals surface area contributed by atoms with Crippen LogP contribution < -0.4 is 4.74 Å². The van der Waals surface area contributed by atoms with Gasteiger partial charge in [-0.15, -0.1) is 0 Å². The first-order valence-corrected chi connectivity index (χ1v) is 34.1. The molecule has 3 N–H and O–H groups in total. The molecule has 0 spiro atoms. The maximum atomic E-state index is 11.0. The van der Waals surface area contributed by atoms with E-state index in [0.717, 1.165) is 56.2 Å². The zero-order valence-electron chi connectivity index (χ0n) is 44.6. The molecule has 12 nitrogen and oxygen atoms in total. The number of hydrogen-bond donors (Lipinski definition) is 3. The second kappa shape index (κ2) is 98.3. The van der Waals surface area contributed by atoms with Crippen molar-refractivity contribution in [1.29, 1.82) is 0 Å². The molecule has 0 heterocycles. The van der Waals surface area contributed by atoms with E-state index in [1.807, 2.05) is 79.7 Å².